The third-order valence-electron chi connectivity index (χ3n) is 7.04. The number of aliphatic imine (C=N–C) groups is 1. The van der Waals surface area contributed by atoms with Gasteiger partial charge in [-0.3, -0.25) is 0 Å². The largest absolute Gasteiger partial charge is 0.374 e. The van der Waals surface area contributed by atoms with E-state index in [2.05, 4.69) is 10.2 Å². The summed E-state index contributed by atoms with van der Waals surface area (Å²) in [6, 6.07) is 40.1. The smallest absolute Gasteiger partial charge is 0.187 e. The van der Waals surface area contributed by atoms with E-state index in [1.807, 2.05) is 121 Å². The van der Waals surface area contributed by atoms with E-state index in [1.54, 1.807) is 0 Å². The van der Waals surface area contributed by atoms with Crippen molar-refractivity contribution in [3.8, 4) is 0 Å². The van der Waals surface area contributed by atoms with Crippen molar-refractivity contribution in [3.63, 3.8) is 0 Å². The maximum Gasteiger partial charge on any atom is 0.187 e. The summed E-state index contributed by atoms with van der Waals surface area (Å²) >= 11 is 5.02. The molecule has 0 saturated carbocycles. The maximum absolute atomic E-state index is 6.64. The highest BCUT2D eigenvalue weighted by Gasteiger charge is 2.48. The molecule has 0 unspecified atom stereocenters. The van der Waals surface area contributed by atoms with Crippen molar-refractivity contribution >= 4 is 17.4 Å². The Kier molecular flexibility index (Phi) is 11.6. The van der Waals surface area contributed by atoms with Crippen LogP contribution in [0.25, 0.3) is 0 Å². The molecule has 7 heteroatoms. The Labute approximate surface area is 252 Å². The van der Waals surface area contributed by atoms with Crippen LogP contribution in [-0.2, 0) is 50.1 Å². The number of thiocarbonyl (C=S) groups is 1. The minimum absolute atomic E-state index is 0.272. The van der Waals surface area contributed by atoms with Gasteiger partial charge in [0.15, 0.2) is 6.23 Å². The van der Waals surface area contributed by atoms with Gasteiger partial charge in [0, 0.05) is 0 Å². The molecule has 0 amide bonds. The van der Waals surface area contributed by atoms with Gasteiger partial charge in [0.05, 0.1) is 38.2 Å². The number of hydrogen-bond donors (Lipinski definition) is 0. The Hall–Kier alpha value is -3.52. The summed E-state index contributed by atoms with van der Waals surface area (Å²) in [5.74, 6) is 0. The average Bonchev–Trinajstić information content (AvgIpc) is 3.05. The molecule has 1 saturated heterocycles. The highest BCUT2D eigenvalue weighted by Crippen LogP contribution is 2.31. The molecule has 5 rings (SSSR count). The first-order valence-electron chi connectivity index (χ1n) is 14.1. The fraction of sp³-hybridized carbons (Fsp3) is 0.286. The Morgan fingerprint density at radius 2 is 0.952 bits per heavy atom. The highest BCUT2D eigenvalue weighted by molar-refractivity contribution is 7.78. The molecule has 216 valence electrons. The molecule has 1 aliphatic heterocycles. The molecule has 0 bridgehead atoms. The van der Waals surface area contributed by atoms with Crippen LogP contribution in [0, 0.1) is 0 Å². The summed E-state index contributed by atoms with van der Waals surface area (Å²) in [5, 5.41) is 2.50. The van der Waals surface area contributed by atoms with Crippen molar-refractivity contribution in [1.82, 2.24) is 0 Å². The number of isothiocyanates is 1. The van der Waals surface area contributed by atoms with Crippen molar-refractivity contribution in [2.24, 2.45) is 4.99 Å². The fourth-order valence-electron chi connectivity index (χ4n) is 4.92. The van der Waals surface area contributed by atoms with Gasteiger partial charge >= 0.3 is 0 Å². The van der Waals surface area contributed by atoms with E-state index in [1.165, 1.54) is 0 Å². The zero-order valence-electron chi connectivity index (χ0n) is 23.4. The van der Waals surface area contributed by atoms with E-state index in [9.17, 15) is 0 Å². The second-order valence-corrected chi connectivity index (χ2v) is 10.3. The Balaban J connectivity index is 1.41. The summed E-state index contributed by atoms with van der Waals surface area (Å²) < 4.78 is 32.4. The second kappa shape index (κ2) is 16.2. The molecule has 0 spiro atoms. The van der Waals surface area contributed by atoms with Crippen LogP contribution in [0.1, 0.15) is 22.3 Å². The number of benzene rings is 4. The molecule has 1 aliphatic rings. The lowest BCUT2D eigenvalue weighted by atomic mass is 9.97. The van der Waals surface area contributed by atoms with Gasteiger partial charge in [-0.05, 0) is 34.5 Å². The van der Waals surface area contributed by atoms with Crippen LogP contribution in [-0.4, -0.2) is 42.4 Å². The molecule has 0 N–H and O–H groups in total. The topological polar surface area (TPSA) is 58.5 Å². The van der Waals surface area contributed by atoms with Gasteiger partial charge in [-0.15, -0.1) is 0 Å². The summed E-state index contributed by atoms with van der Waals surface area (Å²) in [6.07, 6.45) is -2.88. The molecule has 6 nitrogen and oxygen atoms in total. The predicted octanol–water partition coefficient (Wildman–Crippen LogP) is 6.79. The Morgan fingerprint density at radius 3 is 1.40 bits per heavy atom. The lowest BCUT2D eigenvalue weighted by Crippen LogP contribution is -2.60. The molecule has 0 aliphatic carbocycles. The SMILES string of the molecule is S=C=N[C@@H]1O[C@H](COCc2ccccc2)[C@@H](OCc2ccccc2)[C@H](OCc2ccccc2)[C@H]1OCc1ccccc1. The molecule has 5 atom stereocenters. The van der Waals surface area contributed by atoms with Crippen molar-refractivity contribution in [2.75, 3.05) is 6.61 Å². The van der Waals surface area contributed by atoms with Crippen molar-refractivity contribution < 1.29 is 23.7 Å². The van der Waals surface area contributed by atoms with Crippen molar-refractivity contribution in [2.45, 2.75) is 57.1 Å². The van der Waals surface area contributed by atoms with Gasteiger partial charge in [-0.25, -0.2) is 0 Å². The average molecular weight is 582 g/mol. The molecule has 4 aromatic carbocycles. The number of ether oxygens (including phenoxy) is 5. The second-order valence-electron chi connectivity index (χ2n) is 10.1. The molecule has 1 heterocycles. The van der Waals surface area contributed by atoms with Gasteiger partial charge in [0.2, 0.25) is 0 Å². The fourth-order valence-corrected chi connectivity index (χ4v) is 5.02. The normalized spacial score (nSPS) is 21.9. The first-order chi connectivity index (χ1) is 20.8. The maximum atomic E-state index is 6.64. The first-order valence-corrected chi connectivity index (χ1v) is 14.5. The van der Waals surface area contributed by atoms with E-state index in [0.29, 0.717) is 26.4 Å². The van der Waals surface area contributed by atoms with E-state index < -0.39 is 30.6 Å². The monoisotopic (exact) mass is 581 g/mol. The lowest BCUT2D eigenvalue weighted by molar-refractivity contribution is -0.270. The molecule has 42 heavy (non-hydrogen) atoms. The molecule has 0 radical (unpaired) electrons. The van der Waals surface area contributed by atoms with Crippen LogP contribution >= 0.6 is 12.2 Å². The highest BCUT2D eigenvalue weighted by atomic mass is 32.1. The molecular weight excluding hydrogens is 546 g/mol. The minimum atomic E-state index is -0.742. The van der Waals surface area contributed by atoms with Crippen LogP contribution < -0.4 is 0 Å². The van der Waals surface area contributed by atoms with Gasteiger partial charge < -0.3 is 23.7 Å². The number of hydrogen-bond acceptors (Lipinski definition) is 7. The van der Waals surface area contributed by atoms with Gasteiger partial charge in [-0.1, -0.05) is 121 Å². The van der Waals surface area contributed by atoms with E-state index in [4.69, 9.17) is 35.9 Å². The third-order valence-corrected chi connectivity index (χ3v) is 7.14. The van der Waals surface area contributed by atoms with E-state index >= 15 is 0 Å². The Bertz CT molecular complexity index is 1370. The zero-order chi connectivity index (χ0) is 28.8. The van der Waals surface area contributed by atoms with Crippen LogP contribution in [0.15, 0.2) is 126 Å². The van der Waals surface area contributed by atoms with Gasteiger partial charge in [-0.2, -0.15) is 4.99 Å². The molecule has 4 aromatic rings. The number of nitrogens with zero attached hydrogens (tertiary/aromatic N) is 1. The third kappa shape index (κ3) is 8.74. The molecular formula is C35H35NO5S. The van der Waals surface area contributed by atoms with Crippen molar-refractivity contribution in [1.29, 1.82) is 0 Å². The van der Waals surface area contributed by atoms with Crippen LogP contribution in [0.4, 0.5) is 0 Å². The molecule has 1 fully saturated rings. The predicted molar refractivity (Wildman–Crippen MR) is 165 cm³/mol. The Morgan fingerprint density at radius 1 is 0.548 bits per heavy atom. The minimum Gasteiger partial charge on any atom is -0.374 e. The quantitative estimate of drug-likeness (QED) is 0.121. The number of rotatable bonds is 14. The van der Waals surface area contributed by atoms with Gasteiger partial charge in [0.1, 0.15) is 24.4 Å². The summed E-state index contributed by atoms with van der Waals surface area (Å²) in [7, 11) is 0. The summed E-state index contributed by atoms with van der Waals surface area (Å²) in [4.78, 5) is 4.38. The van der Waals surface area contributed by atoms with E-state index in [-0.39, 0.29) is 6.61 Å². The zero-order valence-corrected chi connectivity index (χ0v) is 24.2. The van der Waals surface area contributed by atoms with Crippen molar-refractivity contribution in [3.05, 3.63) is 144 Å². The van der Waals surface area contributed by atoms with E-state index in [0.717, 1.165) is 22.3 Å². The van der Waals surface area contributed by atoms with Crippen LogP contribution in [0.3, 0.4) is 0 Å². The summed E-state index contributed by atoms with van der Waals surface area (Å²) in [5.41, 5.74) is 4.19. The lowest BCUT2D eigenvalue weighted by Gasteiger charge is -2.44. The molecule has 0 aromatic heterocycles. The standard InChI is InChI=1S/C35H35NO5S/c42-26-36-35-34(40-24-30-19-11-4-12-20-30)33(39-23-29-17-9-3-10-18-29)32(38-22-28-15-7-2-8-16-28)31(41-35)25-37-21-27-13-5-1-6-14-27/h1-20,31-35H,21-25H2/t31-,32-,33+,34-,35-/m1/s1. The van der Waals surface area contributed by atoms with Crippen LogP contribution in [0.5, 0.6) is 0 Å². The van der Waals surface area contributed by atoms with Gasteiger partial charge in [0.25, 0.3) is 0 Å². The first kappa shape index (κ1) is 30.0. The van der Waals surface area contributed by atoms with Crippen LogP contribution in [0.2, 0.25) is 0 Å². The summed E-state index contributed by atoms with van der Waals surface area (Å²) in [6.45, 7) is 1.81.